The number of alkyl halides is 2. The number of aliphatic hydroxyl groups is 1. The van der Waals surface area contributed by atoms with E-state index in [1.807, 2.05) is 45.2 Å². The van der Waals surface area contributed by atoms with E-state index in [1.54, 1.807) is 18.0 Å². The maximum Gasteiger partial charge on any atom is 0.249 e. The van der Waals surface area contributed by atoms with E-state index in [-0.39, 0.29) is 6.04 Å². The number of nitrogens with zero attached hydrogens (tertiary/aromatic N) is 1. The normalized spacial score (nSPS) is 21.6. The summed E-state index contributed by atoms with van der Waals surface area (Å²) in [7, 11) is 1.80. The Balaban J connectivity index is 1.84. The Kier molecular flexibility index (Phi) is 7.01. The zero-order valence-corrected chi connectivity index (χ0v) is 18.4. The molecule has 3 rings (SSSR count). The molecule has 8 heteroatoms. The quantitative estimate of drug-likeness (QED) is 0.574. The Morgan fingerprint density at radius 3 is 2.68 bits per heavy atom. The predicted molar refractivity (Wildman–Crippen MR) is 118 cm³/mol. The van der Waals surface area contributed by atoms with Crippen LogP contribution in [0.4, 0.5) is 20.2 Å². The first-order valence-electron chi connectivity index (χ1n) is 10.6. The SMILES string of the molecule is CCOC[C@@H](C)Nc1cc(C2=CN(C)C(O)C(C)=C2)ccc1NC(=O)C1CC(F)(F)C1. The van der Waals surface area contributed by atoms with Crippen molar-refractivity contribution in [1.82, 2.24) is 4.90 Å². The van der Waals surface area contributed by atoms with Crippen LogP contribution < -0.4 is 10.6 Å². The summed E-state index contributed by atoms with van der Waals surface area (Å²) in [6.45, 7) is 6.83. The molecular weight excluding hydrogens is 404 g/mol. The Hall–Kier alpha value is -2.45. The molecule has 1 aromatic rings. The molecule has 1 aliphatic carbocycles. The van der Waals surface area contributed by atoms with E-state index in [0.29, 0.717) is 24.6 Å². The van der Waals surface area contributed by atoms with Crippen LogP contribution in [0.25, 0.3) is 5.57 Å². The number of allylic oxidation sites excluding steroid dienone is 2. The maximum atomic E-state index is 13.2. The number of anilines is 2. The molecule has 1 aliphatic heterocycles. The second-order valence-corrected chi connectivity index (χ2v) is 8.43. The Labute approximate surface area is 182 Å². The first-order chi connectivity index (χ1) is 14.6. The van der Waals surface area contributed by atoms with Gasteiger partial charge in [0.15, 0.2) is 0 Å². The molecule has 1 aromatic carbocycles. The minimum Gasteiger partial charge on any atom is -0.380 e. The van der Waals surface area contributed by atoms with Gasteiger partial charge in [0.25, 0.3) is 0 Å². The van der Waals surface area contributed by atoms with Gasteiger partial charge in [-0.3, -0.25) is 4.79 Å². The summed E-state index contributed by atoms with van der Waals surface area (Å²) in [5.74, 6) is -3.81. The van der Waals surface area contributed by atoms with Gasteiger partial charge < -0.3 is 25.4 Å². The van der Waals surface area contributed by atoms with Gasteiger partial charge in [0.1, 0.15) is 6.23 Å². The number of likely N-dealkylation sites (N-methyl/N-ethyl adjacent to an activating group) is 1. The summed E-state index contributed by atoms with van der Waals surface area (Å²) in [5.41, 5.74) is 3.87. The minimum atomic E-state index is -2.74. The van der Waals surface area contributed by atoms with Gasteiger partial charge in [-0.05, 0) is 55.7 Å². The average molecular weight is 436 g/mol. The van der Waals surface area contributed by atoms with Crippen molar-refractivity contribution in [3.8, 4) is 0 Å². The van der Waals surface area contributed by atoms with Crippen LogP contribution in [-0.2, 0) is 9.53 Å². The molecule has 1 saturated carbocycles. The van der Waals surface area contributed by atoms with Crippen molar-refractivity contribution >= 4 is 22.9 Å². The van der Waals surface area contributed by atoms with Gasteiger partial charge in [-0.1, -0.05) is 6.07 Å². The number of hydrogen-bond acceptors (Lipinski definition) is 5. The number of halogens is 2. The van der Waals surface area contributed by atoms with Crippen molar-refractivity contribution < 1.29 is 23.4 Å². The topological polar surface area (TPSA) is 73.8 Å². The number of benzene rings is 1. The fourth-order valence-corrected chi connectivity index (χ4v) is 3.76. The molecule has 6 nitrogen and oxygen atoms in total. The zero-order chi connectivity index (χ0) is 22.8. The number of aliphatic hydroxyl groups excluding tert-OH is 1. The van der Waals surface area contributed by atoms with Crippen molar-refractivity contribution in [2.24, 2.45) is 5.92 Å². The molecule has 0 spiro atoms. The number of carbonyl (C=O) groups is 1. The lowest BCUT2D eigenvalue weighted by atomic mass is 9.80. The van der Waals surface area contributed by atoms with Gasteiger partial charge in [0.05, 0.1) is 18.0 Å². The van der Waals surface area contributed by atoms with E-state index in [4.69, 9.17) is 4.74 Å². The molecule has 1 amide bonds. The minimum absolute atomic E-state index is 0.0269. The third-order valence-electron chi connectivity index (χ3n) is 5.56. The van der Waals surface area contributed by atoms with E-state index < -0.39 is 36.8 Å². The highest BCUT2D eigenvalue weighted by Crippen LogP contribution is 2.43. The summed E-state index contributed by atoms with van der Waals surface area (Å²) in [6, 6.07) is 5.52. The molecule has 3 N–H and O–H groups in total. The van der Waals surface area contributed by atoms with Crippen LogP contribution in [0, 0.1) is 5.92 Å². The van der Waals surface area contributed by atoms with Crippen molar-refractivity contribution in [1.29, 1.82) is 0 Å². The highest BCUT2D eigenvalue weighted by molar-refractivity contribution is 5.97. The number of ether oxygens (including phenoxy) is 1. The third kappa shape index (κ3) is 5.62. The summed E-state index contributed by atoms with van der Waals surface area (Å²) < 4.78 is 31.8. The summed E-state index contributed by atoms with van der Waals surface area (Å²) in [6.07, 6.45) is 2.29. The van der Waals surface area contributed by atoms with Crippen LogP contribution in [0.1, 0.15) is 39.2 Å². The highest BCUT2D eigenvalue weighted by atomic mass is 19.3. The molecule has 2 aliphatic rings. The lowest BCUT2D eigenvalue weighted by molar-refractivity contribution is -0.145. The van der Waals surface area contributed by atoms with Gasteiger partial charge in [-0.2, -0.15) is 0 Å². The molecule has 2 atom stereocenters. The van der Waals surface area contributed by atoms with Gasteiger partial charge in [-0.15, -0.1) is 0 Å². The van der Waals surface area contributed by atoms with Crippen LogP contribution in [0.15, 0.2) is 36.0 Å². The molecular formula is C23H31F2N3O3. The molecule has 1 fully saturated rings. The summed E-state index contributed by atoms with van der Waals surface area (Å²) in [5, 5.41) is 16.3. The molecule has 1 unspecified atom stereocenters. The molecule has 1 heterocycles. The van der Waals surface area contributed by atoms with Crippen LogP contribution >= 0.6 is 0 Å². The second kappa shape index (κ2) is 9.36. The molecule has 0 saturated heterocycles. The van der Waals surface area contributed by atoms with Gasteiger partial charge in [0.2, 0.25) is 11.8 Å². The summed E-state index contributed by atoms with van der Waals surface area (Å²) >= 11 is 0. The number of hydrogen-bond donors (Lipinski definition) is 3. The smallest absolute Gasteiger partial charge is 0.249 e. The van der Waals surface area contributed by atoms with Crippen molar-refractivity contribution in [3.05, 3.63) is 41.6 Å². The second-order valence-electron chi connectivity index (χ2n) is 8.43. The monoisotopic (exact) mass is 435 g/mol. The lowest BCUT2D eigenvalue weighted by Gasteiger charge is -2.34. The standard InChI is InChI=1S/C23H31F2N3O3/c1-5-31-13-15(3)26-20-9-16(17-8-14(2)22(30)28(4)12-17)6-7-19(20)27-21(29)18-10-23(24,25)11-18/h6-9,12,15,18,22,26,30H,5,10-11,13H2,1-4H3,(H,27,29)/t15-,22?/m1/s1. The number of rotatable bonds is 8. The van der Waals surface area contributed by atoms with E-state index in [1.165, 1.54) is 0 Å². The van der Waals surface area contributed by atoms with Crippen molar-refractivity contribution in [2.45, 2.75) is 51.8 Å². The van der Waals surface area contributed by atoms with Crippen LogP contribution in [0.2, 0.25) is 0 Å². The van der Waals surface area contributed by atoms with Crippen LogP contribution in [0.5, 0.6) is 0 Å². The first kappa shape index (κ1) is 23.2. The lowest BCUT2D eigenvalue weighted by Crippen LogP contribution is -2.42. The molecule has 31 heavy (non-hydrogen) atoms. The number of nitrogens with one attached hydrogen (secondary N) is 2. The largest absolute Gasteiger partial charge is 0.380 e. The van der Waals surface area contributed by atoms with E-state index in [9.17, 15) is 18.7 Å². The fourth-order valence-electron chi connectivity index (χ4n) is 3.76. The molecule has 0 radical (unpaired) electrons. The van der Waals surface area contributed by atoms with Gasteiger partial charge >= 0.3 is 0 Å². The van der Waals surface area contributed by atoms with E-state index >= 15 is 0 Å². The third-order valence-corrected chi connectivity index (χ3v) is 5.56. The van der Waals surface area contributed by atoms with Gasteiger partial charge in [-0.25, -0.2) is 8.78 Å². The number of amides is 1. The summed E-state index contributed by atoms with van der Waals surface area (Å²) in [4.78, 5) is 14.2. The Morgan fingerprint density at radius 2 is 2.06 bits per heavy atom. The van der Waals surface area contributed by atoms with Crippen LogP contribution in [0.3, 0.4) is 0 Å². The van der Waals surface area contributed by atoms with Gasteiger partial charge in [0, 0.05) is 44.7 Å². The Bertz CT molecular complexity index is 877. The average Bonchev–Trinajstić information content (AvgIpc) is 2.69. The fraction of sp³-hybridized carbons (Fsp3) is 0.522. The zero-order valence-electron chi connectivity index (χ0n) is 18.4. The Morgan fingerprint density at radius 1 is 1.35 bits per heavy atom. The highest BCUT2D eigenvalue weighted by Gasteiger charge is 2.48. The molecule has 170 valence electrons. The van der Waals surface area contributed by atoms with Crippen LogP contribution in [-0.4, -0.2) is 54.4 Å². The molecule has 0 aromatic heterocycles. The van der Waals surface area contributed by atoms with E-state index in [0.717, 1.165) is 16.7 Å². The van der Waals surface area contributed by atoms with Crippen molar-refractivity contribution in [3.63, 3.8) is 0 Å². The predicted octanol–water partition coefficient (Wildman–Crippen LogP) is 4.06. The molecule has 0 bridgehead atoms. The maximum absolute atomic E-state index is 13.2. The first-order valence-corrected chi connectivity index (χ1v) is 10.6. The van der Waals surface area contributed by atoms with Crippen molar-refractivity contribution in [2.75, 3.05) is 30.9 Å². The number of carbonyl (C=O) groups excluding carboxylic acids is 1. The van der Waals surface area contributed by atoms with E-state index in [2.05, 4.69) is 10.6 Å².